The van der Waals surface area contributed by atoms with Crippen LogP contribution in [0.2, 0.25) is 0 Å². The van der Waals surface area contributed by atoms with E-state index in [0.29, 0.717) is 25.8 Å². The normalized spacial score (nSPS) is 31.8. The van der Waals surface area contributed by atoms with Crippen molar-refractivity contribution in [2.24, 2.45) is 5.92 Å². The fourth-order valence-electron chi connectivity index (χ4n) is 5.54. The Balaban J connectivity index is 1.59. The average Bonchev–Trinajstić information content (AvgIpc) is 2.73. The molecular weight excluding hydrogens is 358 g/mol. The molecule has 1 saturated carbocycles. The summed E-state index contributed by atoms with van der Waals surface area (Å²) in [5.41, 5.74) is 1.12. The number of benzene rings is 1. The van der Waals surface area contributed by atoms with Crippen LogP contribution in [0.15, 0.2) is 18.2 Å². The lowest BCUT2D eigenvalue weighted by molar-refractivity contribution is -0.156. The number of carbonyl (C=O) groups is 2. The number of esters is 1. The summed E-state index contributed by atoms with van der Waals surface area (Å²) in [6, 6.07) is 5.24. The first-order chi connectivity index (χ1) is 13.5. The summed E-state index contributed by atoms with van der Waals surface area (Å²) >= 11 is 0. The van der Waals surface area contributed by atoms with Crippen LogP contribution in [0.4, 0.5) is 0 Å². The van der Waals surface area contributed by atoms with Crippen molar-refractivity contribution in [2.45, 2.75) is 62.5 Å². The van der Waals surface area contributed by atoms with Crippen LogP contribution in [0.25, 0.3) is 0 Å². The molecule has 2 aliphatic carbocycles. The summed E-state index contributed by atoms with van der Waals surface area (Å²) in [5, 5.41) is 9.98. The Bertz CT molecular complexity index is 770. The number of rotatable bonds is 3. The van der Waals surface area contributed by atoms with Gasteiger partial charge in [0.1, 0.15) is 5.75 Å². The highest BCUT2D eigenvalue weighted by Gasteiger charge is 2.53. The van der Waals surface area contributed by atoms with E-state index in [1.165, 1.54) is 7.11 Å². The molecule has 0 radical (unpaired) electrons. The van der Waals surface area contributed by atoms with Gasteiger partial charge in [0.05, 0.1) is 18.6 Å². The minimum atomic E-state index is -0.768. The van der Waals surface area contributed by atoms with Gasteiger partial charge in [-0.2, -0.15) is 0 Å². The SMILES string of the molecule is COC(=O)C12CCN(C(=O)C3CCC(OC)CC3)C(Cc3ccc(O)cc31)C2. The molecule has 1 aromatic carbocycles. The molecule has 1 aliphatic heterocycles. The molecule has 6 nitrogen and oxygen atoms in total. The molecule has 1 heterocycles. The van der Waals surface area contributed by atoms with E-state index in [0.717, 1.165) is 36.8 Å². The summed E-state index contributed by atoms with van der Waals surface area (Å²) in [6.45, 7) is 0.553. The lowest BCUT2D eigenvalue weighted by Crippen LogP contribution is -2.59. The first-order valence-corrected chi connectivity index (χ1v) is 10.2. The van der Waals surface area contributed by atoms with E-state index in [4.69, 9.17) is 9.47 Å². The number of piperidine rings is 1. The zero-order valence-corrected chi connectivity index (χ0v) is 16.6. The molecule has 1 saturated heterocycles. The zero-order chi connectivity index (χ0) is 19.9. The summed E-state index contributed by atoms with van der Waals surface area (Å²) in [6.07, 6.45) is 5.68. The number of ether oxygens (including phenoxy) is 2. The first kappa shape index (κ1) is 19.2. The van der Waals surface area contributed by atoms with Crippen molar-refractivity contribution in [2.75, 3.05) is 20.8 Å². The number of aromatic hydroxyl groups is 1. The first-order valence-electron chi connectivity index (χ1n) is 10.2. The van der Waals surface area contributed by atoms with Crippen molar-refractivity contribution in [1.29, 1.82) is 0 Å². The molecular formula is C22H29NO5. The Morgan fingerprint density at radius 3 is 2.61 bits per heavy atom. The lowest BCUT2D eigenvalue weighted by atomic mass is 9.63. The van der Waals surface area contributed by atoms with Crippen molar-refractivity contribution in [3.8, 4) is 5.75 Å². The van der Waals surface area contributed by atoms with Crippen LogP contribution in [-0.4, -0.2) is 54.8 Å². The summed E-state index contributed by atoms with van der Waals surface area (Å²) in [5.74, 6) is 0.170. The van der Waals surface area contributed by atoms with Gasteiger partial charge in [0, 0.05) is 25.6 Å². The minimum absolute atomic E-state index is 0.00228. The number of hydrogen-bond acceptors (Lipinski definition) is 5. The smallest absolute Gasteiger partial charge is 0.316 e. The van der Waals surface area contributed by atoms with Gasteiger partial charge >= 0.3 is 5.97 Å². The quantitative estimate of drug-likeness (QED) is 0.807. The van der Waals surface area contributed by atoms with Crippen molar-refractivity contribution in [3.63, 3.8) is 0 Å². The predicted octanol–water partition coefficient (Wildman–Crippen LogP) is 2.56. The maximum atomic E-state index is 13.3. The van der Waals surface area contributed by atoms with Crippen molar-refractivity contribution >= 4 is 11.9 Å². The van der Waals surface area contributed by atoms with Crippen LogP contribution in [-0.2, 0) is 30.9 Å². The van der Waals surface area contributed by atoms with Crippen LogP contribution in [0.3, 0.4) is 0 Å². The average molecular weight is 387 g/mol. The summed E-state index contributed by atoms with van der Waals surface area (Å²) in [4.78, 5) is 28.1. The monoisotopic (exact) mass is 387 g/mol. The van der Waals surface area contributed by atoms with Gasteiger partial charge in [-0.25, -0.2) is 0 Å². The third-order valence-electron chi connectivity index (χ3n) is 7.08. The van der Waals surface area contributed by atoms with E-state index < -0.39 is 5.41 Å². The molecule has 4 rings (SSSR count). The van der Waals surface area contributed by atoms with Crippen LogP contribution in [0.1, 0.15) is 49.7 Å². The zero-order valence-electron chi connectivity index (χ0n) is 16.6. The Hall–Kier alpha value is -2.08. The number of nitrogens with zero attached hydrogens (tertiary/aromatic N) is 1. The summed E-state index contributed by atoms with van der Waals surface area (Å²) in [7, 11) is 3.15. The standard InChI is InChI=1S/C22H29NO5/c1-27-18-7-4-14(5-8-18)20(25)23-10-9-22(21(26)28-2)13-16(23)11-15-3-6-17(24)12-19(15)22/h3,6,12,14,16,18,24H,4-5,7-11,13H2,1-2H3. The Morgan fingerprint density at radius 2 is 1.93 bits per heavy atom. The number of methoxy groups -OCH3 is 2. The molecule has 2 fully saturated rings. The molecule has 0 aromatic heterocycles. The van der Waals surface area contributed by atoms with Gasteiger partial charge < -0.3 is 19.5 Å². The van der Waals surface area contributed by atoms with E-state index in [9.17, 15) is 14.7 Å². The van der Waals surface area contributed by atoms with E-state index in [1.54, 1.807) is 19.2 Å². The molecule has 1 amide bonds. The van der Waals surface area contributed by atoms with Gasteiger partial charge in [-0.05, 0) is 68.2 Å². The molecule has 152 valence electrons. The number of amides is 1. The van der Waals surface area contributed by atoms with Gasteiger partial charge in [-0.3, -0.25) is 9.59 Å². The Labute approximate surface area is 165 Å². The molecule has 3 aliphatic rings. The molecule has 0 spiro atoms. The maximum absolute atomic E-state index is 13.3. The largest absolute Gasteiger partial charge is 0.508 e. The van der Waals surface area contributed by atoms with E-state index in [-0.39, 0.29) is 35.7 Å². The molecule has 6 heteroatoms. The van der Waals surface area contributed by atoms with E-state index in [1.807, 2.05) is 11.0 Å². The van der Waals surface area contributed by atoms with E-state index >= 15 is 0 Å². The Kier molecular flexibility index (Phi) is 5.08. The fraction of sp³-hybridized carbons (Fsp3) is 0.636. The second-order valence-corrected chi connectivity index (χ2v) is 8.47. The molecule has 1 N–H and O–H groups in total. The van der Waals surface area contributed by atoms with Crippen molar-refractivity contribution < 1.29 is 24.2 Å². The highest BCUT2D eigenvalue weighted by atomic mass is 16.5. The van der Waals surface area contributed by atoms with Crippen LogP contribution in [0.5, 0.6) is 5.75 Å². The van der Waals surface area contributed by atoms with Gasteiger partial charge in [0.2, 0.25) is 5.91 Å². The molecule has 2 atom stereocenters. The second-order valence-electron chi connectivity index (χ2n) is 8.47. The van der Waals surface area contributed by atoms with Gasteiger partial charge in [-0.1, -0.05) is 6.07 Å². The van der Waals surface area contributed by atoms with Gasteiger partial charge in [-0.15, -0.1) is 0 Å². The number of phenols is 1. The fourth-order valence-corrected chi connectivity index (χ4v) is 5.54. The second kappa shape index (κ2) is 7.39. The Morgan fingerprint density at radius 1 is 1.18 bits per heavy atom. The minimum Gasteiger partial charge on any atom is -0.508 e. The highest BCUT2D eigenvalue weighted by Crippen LogP contribution is 2.47. The third kappa shape index (κ3) is 3.08. The van der Waals surface area contributed by atoms with Crippen LogP contribution >= 0.6 is 0 Å². The molecule has 28 heavy (non-hydrogen) atoms. The molecule has 2 bridgehead atoms. The number of likely N-dealkylation sites (tertiary alicyclic amines) is 1. The number of phenolic OH excluding ortho intramolecular Hbond substituents is 1. The predicted molar refractivity (Wildman–Crippen MR) is 103 cm³/mol. The third-order valence-corrected chi connectivity index (χ3v) is 7.08. The number of hydrogen-bond donors (Lipinski definition) is 1. The van der Waals surface area contributed by atoms with Crippen molar-refractivity contribution in [1.82, 2.24) is 4.90 Å². The van der Waals surface area contributed by atoms with E-state index in [2.05, 4.69) is 0 Å². The highest BCUT2D eigenvalue weighted by molar-refractivity contribution is 5.86. The topological polar surface area (TPSA) is 76.1 Å². The molecule has 2 unspecified atom stereocenters. The van der Waals surface area contributed by atoms with Gasteiger partial charge in [0.15, 0.2) is 0 Å². The van der Waals surface area contributed by atoms with Gasteiger partial charge in [0.25, 0.3) is 0 Å². The maximum Gasteiger partial charge on any atom is 0.316 e. The number of fused-ring (bicyclic) bond motifs is 4. The molecule has 1 aromatic rings. The summed E-state index contributed by atoms with van der Waals surface area (Å²) < 4.78 is 10.6. The van der Waals surface area contributed by atoms with Crippen LogP contribution in [0, 0.1) is 5.92 Å². The van der Waals surface area contributed by atoms with Crippen molar-refractivity contribution in [3.05, 3.63) is 29.3 Å². The van der Waals surface area contributed by atoms with Crippen LogP contribution < -0.4 is 0 Å². The number of carbonyl (C=O) groups excluding carboxylic acids is 2. The lowest BCUT2D eigenvalue weighted by Gasteiger charge is -2.50.